The number of carbonyl (C=O) groups is 2. The Kier molecular flexibility index (Phi) is 4.89. The first-order chi connectivity index (χ1) is 11.5. The summed E-state index contributed by atoms with van der Waals surface area (Å²) in [4.78, 5) is 29.2. The summed E-state index contributed by atoms with van der Waals surface area (Å²) in [6.45, 7) is 2.74. The molecule has 0 saturated heterocycles. The molecule has 1 aromatic rings. The smallest absolute Gasteiger partial charge is 0.306 e. The normalized spacial score (nSPS) is 24.5. The highest BCUT2D eigenvalue weighted by atomic mass is 16.4. The lowest BCUT2D eigenvalue weighted by atomic mass is 9.80. The van der Waals surface area contributed by atoms with Gasteiger partial charge < -0.3 is 15.4 Å². The molecule has 0 unspecified atom stereocenters. The summed E-state index contributed by atoms with van der Waals surface area (Å²) < 4.78 is 1.82. The van der Waals surface area contributed by atoms with Crippen molar-refractivity contribution < 1.29 is 14.7 Å². The summed E-state index contributed by atoms with van der Waals surface area (Å²) in [5.74, 6) is -0.286. The molecule has 1 fully saturated rings. The second-order valence-electron chi connectivity index (χ2n) is 7.12. The first kappa shape index (κ1) is 17.0. The van der Waals surface area contributed by atoms with E-state index in [1.54, 1.807) is 0 Å². The van der Waals surface area contributed by atoms with E-state index in [9.17, 15) is 9.59 Å². The van der Waals surface area contributed by atoms with Gasteiger partial charge in [0, 0.05) is 32.3 Å². The first-order valence-electron chi connectivity index (χ1n) is 8.75. The van der Waals surface area contributed by atoms with E-state index in [1.165, 1.54) is 0 Å². The quantitative estimate of drug-likeness (QED) is 0.841. The van der Waals surface area contributed by atoms with E-state index in [0.717, 1.165) is 69.5 Å². The van der Waals surface area contributed by atoms with Crippen LogP contribution in [0.2, 0.25) is 0 Å². The fourth-order valence-electron chi connectivity index (χ4n) is 4.06. The van der Waals surface area contributed by atoms with E-state index in [4.69, 9.17) is 10.8 Å². The monoisotopic (exact) mass is 334 g/mol. The van der Waals surface area contributed by atoms with Crippen molar-refractivity contribution in [3.63, 3.8) is 0 Å². The number of amides is 1. The number of aromatic nitrogens is 2. The van der Waals surface area contributed by atoms with Gasteiger partial charge in [-0.05, 0) is 44.6 Å². The Balaban J connectivity index is 1.51. The molecule has 0 spiro atoms. The number of carboxylic acids is 1. The van der Waals surface area contributed by atoms with Gasteiger partial charge in [0.15, 0.2) is 5.82 Å². The summed E-state index contributed by atoms with van der Waals surface area (Å²) in [7, 11) is 1.85. The van der Waals surface area contributed by atoms with Gasteiger partial charge >= 0.3 is 5.97 Å². The number of aliphatic carboxylic acids is 1. The second kappa shape index (κ2) is 6.93. The maximum absolute atomic E-state index is 11.4. The molecule has 3 rings (SSSR count). The molecule has 0 atom stereocenters. The highest BCUT2D eigenvalue weighted by Gasteiger charge is 2.28. The van der Waals surface area contributed by atoms with Gasteiger partial charge in [0.2, 0.25) is 0 Å². The summed E-state index contributed by atoms with van der Waals surface area (Å²) >= 11 is 0. The summed E-state index contributed by atoms with van der Waals surface area (Å²) in [6, 6.07) is 0. The minimum absolute atomic E-state index is 0.139. The molecule has 7 heteroatoms. The lowest BCUT2D eigenvalue weighted by Gasteiger charge is -2.30. The number of primary amides is 1. The fraction of sp³-hybridized carbons (Fsp3) is 0.706. The van der Waals surface area contributed by atoms with E-state index in [2.05, 4.69) is 9.88 Å². The zero-order valence-electron chi connectivity index (χ0n) is 14.2. The maximum Gasteiger partial charge on any atom is 0.306 e. The Hall–Kier alpha value is -1.89. The van der Waals surface area contributed by atoms with Gasteiger partial charge in [0.05, 0.1) is 11.6 Å². The van der Waals surface area contributed by atoms with Crippen LogP contribution in [0.4, 0.5) is 0 Å². The molecule has 0 radical (unpaired) electrons. The summed E-state index contributed by atoms with van der Waals surface area (Å²) in [5, 5.41) is 9.06. The Labute approximate surface area is 141 Å². The lowest BCUT2D eigenvalue weighted by Crippen LogP contribution is -2.33. The van der Waals surface area contributed by atoms with E-state index in [1.807, 2.05) is 11.6 Å². The number of fused-ring (bicyclic) bond motifs is 1. The van der Waals surface area contributed by atoms with Crippen LogP contribution in [0.15, 0.2) is 0 Å². The van der Waals surface area contributed by atoms with Crippen molar-refractivity contribution in [1.29, 1.82) is 0 Å². The van der Waals surface area contributed by atoms with Crippen LogP contribution in [0.1, 0.15) is 54.1 Å². The van der Waals surface area contributed by atoms with E-state index in [0.29, 0.717) is 11.7 Å². The first-order valence-corrected chi connectivity index (χ1v) is 8.75. The number of rotatable bonds is 5. The Morgan fingerprint density at radius 1 is 1.29 bits per heavy atom. The van der Waals surface area contributed by atoms with Gasteiger partial charge in [-0.25, -0.2) is 4.98 Å². The number of nitrogens with zero attached hydrogens (tertiary/aromatic N) is 3. The predicted molar refractivity (Wildman–Crippen MR) is 88.4 cm³/mol. The Morgan fingerprint density at radius 3 is 2.62 bits per heavy atom. The standard InChI is InChI=1S/C17H26N4O3/c1-20-14-7-9-21(10-13(14)19-16(20)15(18)22)8-6-11-2-4-12(5-3-11)17(23)24/h11-12H,2-10H2,1H3,(H2,18,22)(H,23,24). The molecule has 1 aliphatic carbocycles. The highest BCUT2D eigenvalue weighted by molar-refractivity contribution is 5.89. The largest absolute Gasteiger partial charge is 0.481 e. The molecular formula is C17H26N4O3. The van der Waals surface area contributed by atoms with Gasteiger partial charge in [0.25, 0.3) is 5.91 Å². The molecule has 132 valence electrons. The number of imidazole rings is 1. The van der Waals surface area contributed by atoms with Crippen molar-refractivity contribution in [1.82, 2.24) is 14.5 Å². The second-order valence-corrected chi connectivity index (χ2v) is 7.12. The maximum atomic E-state index is 11.4. The van der Waals surface area contributed by atoms with Crippen molar-refractivity contribution in [2.75, 3.05) is 13.1 Å². The molecule has 1 aromatic heterocycles. The van der Waals surface area contributed by atoms with Crippen LogP contribution < -0.4 is 5.73 Å². The van der Waals surface area contributed by atoms with Crippen molar-refractivity contribution in [3.8, 4) is 0 Å². The number of carboxylic acid groups (broad SMARTS) is 1. The molecular weight excluding hydrogens is 308 g/mol. The number of nitrogens with two attached hydrogens (primary N) is 1. The van der Waals surface area contributed by atoms with Crippen molar-refractivity contribution in [2.45, 2.75) is 45.1 Å². The average Bonchev–Trinajstić information content (AvgIpc) is 2.90. The van der Waals surface area contributed by atoms with Crippen LogP contribution in [0.3, 0.4) is 0 Å². The van der Waals surface area contributed by atoms with Crippen LogP contribution in [0.5, 0.6) is 0 Å². The number of carbonyl (C=O) groups excluding carboxylic acids is 1. The third-order valence-corrected chi connectivity index (χ3v) is 5.60. The van der Waals surface area contributed by atoms with Crippen molar-refractivity contribution in [2.24, 2.45) is 24.6 Å². The van der Waals surface area contributed by atoms with Crippen LogP contribution in [-0.4, -0.2) is 44.5 Å². The molecule has 1 aliphatic heterocycles. The molecule has 2 heterocycles. The van der Waals surface area contributed by atoms with E-state index >= 15 is 0 Å². The molecule has 7 nitrogen and oxygen atoms in total. The van der Waals surface area contributed by atoms with Gasteiger partial charge in [-0.2, -0.15) is 0 Å². The molecule has 24 heavy (non-hydrogen) atoms. The van der Waals surface area contributed by atoms with Gasteiger partial charge in [-0.1, -0.05) is 0 Å². The molecule has 1 saturated carbocycles. The minimum atomic E-state index is -0.641. The Morgan fingerprint density at radius 2 is 2.00 bits per heavy atom. The van der Waals surface area contributed by atoms with E-state index in [-0.39, 0.29) is 5.92 Å². The lowest BCUT2D eigenvalue weighted by molar-refractivity contribution is -0.143. The highest BCUT2D eigenvalue weighted by Crippen LogP contribution is 2.31. The summed E-state index contributed by atoms with van der Waals surface area (Å²) in [5.41, 5.74) is 7.45. The molecule has 3 N–H and O–H groups in total. The topological polar surface area (TPSA) is 101 Å². The minimum Gasteiger partial charge on any atom is -0.481 e. The third kappa shape index (κ3) is 3.45. The van der Waals surface area contributed by atoms with Crippen LogP contribution >= 0.6 is 0 Å². The molecule has 2 aliphatic rings. The van der Waals surface area contributed by atoms with Crippen LogP contribution in [0, 0.1) is 11.8 Å². The Bertz CT molecular complexity index is 632. The van der Waals surface area contributed by atoms with Gasteiger partial charge in [0.1, 0.15) is 0 Å². The summed E-state index contributed by atoms with van der Waals surface area (Å²) in [6.07, 6.45) is 5.66. The number of hydrogen-bond acceptors (Lipinski definition) is 4. The molecule has 1 amide bonds. The van der Waals surface area contributed by atoms with Crippen LogP contribution in [-0.2, 0) is 24.8 Å². The van der Waals surface area contributed by atoms with E-state index < -0.39 is 11.9 Å². The average molecular weight is 334 g/mol. The fourth-order valence-corrected chi connectivity index (χ4v) is 4.06. The molecule has 0 bridgehead atoms. The van der Waals surface area contributed by atoms with Crippen molar-refractivity contribution in [3.05, 3.63) is 17.2 Å². The predicted octanol–water partition coefficient (Wildman–Crippen LogP) is 1.16. The van der Waals surface area contributed by atoms with Gasteiger partial charge in [-0.3, -0.25) is 14.5 Å². The van der Waals surface area contributed by atoms with Crippen molar-refractivity contribution >= 4 is 11.9 Å². The zero-order chi connectivity index (χ0) is 17.3. The van der Waals surface area contributed by atoms with Gasteiger partial charge in [-0.15, -0.1) is 0 Å². The molecule has 0 aromatic carbocycles. The third-order valence-electron chi connectivity index (χ3n) is 5.60. The van der Waals surface area contributed by atoms with Crippen LogP contribution in [0.25, 0.3) is 0 Å². The SMILES string of the molecule is Cn1c(C(N)=O)nc2c1CCN(CCC1CCC(C(=O)O)CC1)C2. The zero-order valence-corrected chi connectivity index (χ0v) is 14.2. The number of hydrogen-bond donors (Lipinski definition) is 2.